The van der Waals surface area contributed by atoms with E-state index in [4.69, 9.17) is 8.92 Å². The summed E-state index contributed by atoms with van der Waals surface area (Å²) in [7, 11) is -3.91. The lowest BCUT2D eigenvalue weighted by Crippen LogP contribution is -2.45. The Morgan fingerprint density at radius 2 is 1.79 bits per heavy atom. The van der Waals surface area contributed by atoms with E-state index in [1.54, 1.807) is 30.3 Å². The third-order valence-corrected chi connectivity index (χ3v) is 9.79. The first kappa shape index (κ1) is 22.5. The zero-order valence-corrected chi connectivity index (χ0v) is 20.4. The third kappa shape index (κ3) is 3.76. The molecule has 0 spiro atoms. The largest absolute Gasteiger partial charge is 0.462 e. The minimum Gasteiger partial charge on any atom is -0.462 e. The molecule has 3 aliphatic rings. The maximum atomic E-state index is 13.0. The second-order valence-electron chi connectivity index (χ2n) is 10.3. The van der Waals surface area contributed by atoms with Crippen molar-refractivity contribution in [2.45, 2.75) is 76.2 Å². The van der Waals surface area contributed by atoms with Crippen LogP contribution in [0, 0.1) is 24.2 Å². The van der Waals surface area contributed by atoms with Gasteiger partial charge >= 0.3 is 16.1 Å². The summed E-state index contributed by atoms with van der Waals surface area (Å²) in [5.74, 6) is 1.46. The highest BCUT2D eigenvalue weighted by molar-refractivity contribution is 7.87. The van der Waals surface area contributed by atoms with Gasteiger partial charge in [0.1, 0.15) is 16.7 Å². The molecule has 0 aromatic heterocycles. The number of esters is 1. The third-order valence-electron chi connectivity index (χ3n) is 8.54. The molecule has 0 amide bonds. The number of carbonyl (C=O) groups excluding carboxylic acids is 1. The first-order valence-corrected chi connectivity index (χ1v) is 13.4. The van der Waals surface area contributed by atoms with Crippen molar-refractivity contribution < 1.29 is 22.1 Å². The van der Waals surface area contributed by atoms with Crippen molar-refractivity contribution in [2.24, 2.45) is 17.3 Å². The number of rotatable bonds is 4. The Bertz CT molecular complexity index is 1170. The van der Waals surface area contributed by atoms with Crippen LogP contribution in [-0.2, 0) is 26.1 Å². The van der Waals surface area contributed by atoms with Gasteiger partial charge in [-0.15, -0.1) is 0 Å². The van der Waals surface area contributed by atoms with Crippen molar-refractivity contribution in [3.8, 4) is 5.75 Å². The summed E-state index contributed by atoms with van der Waals surface area (Å²) in [6.07, 6.45) is 5.87. The summed E-state index contributed by atoms with van der Waals surface area (Å²) in [6, 6.07) is 12.2. The molecule has 5 rings (SSSR count). The van der Waals surface area contributed by atoms with Crippen LogP contribution in [0.25, 0.3) is 0 Å². The minimum absolute atomic E-state index is 0.00863. The second kappa shape index (κ2) is 8.15. The fourth-order valence-corrected chi connectivity index (χ4v) is 7.99. The summed E-state index contributed by atoms with van der Waals surface area (Å²) in [5.41, 5.74) is 3.52. The highest BCUT2D eigenvalue weighted by Crippen LogP contribution is 2.62. The smallest absolute Gasteiger partial charge is 0.339 e. The van der Waals surface area contributed by atoms with Crippen LogP contribution in [0.4, 0.5) is 0 Å². The van der Waals surface area contributed by atoms with E-state index in [0.717, 1.165) is 44.1 Å². The van der Waals surface area contributed by atoms with Gasteiger partial charge in [0.25, 0.3) is 0 Å². The Morgan fingerprint density at radius 3 is 2.52 bits per heavy atom. The topological polar surface area (TPSA) is 69.7 Å². The van der Waals surface area contributed by atoms with Crippen molar-refractivity contribution in [1.29, 1.82) is 0 Å². The van der Waals surface area contributed by atoms with Crippen LogP contribution in [0.5, 0.6) is 5.75 Å². The molecule has 0 aliphatic heterocycles. The predicted octanol–water partition coefficient (Wildman–Crippen LogP) is 5.55. The Hall–Kier alpha value is -2.34. The molecular weight excluding hydrogens is 436 g/mol. The highest BCUT2D eigenvalue weighted by atomic mass is 32.2. The van der Waals surface area contributed by atoms with E-state index < -0.39 is 10.1 Å². The van der Waals surface area contributed by atoms with Crippen molar-refractivity contribution in [2.75, 3.05) is 0 Å². The summed E-state index contributed by atoms with van der Waals surface area (Å²) in [6.45, 7) is 5.89. The standard InChI is InChI=1S/C27H32O5S/c1-17-9-13-24(32-33(29,30)19-7-5-4-6-8-19)26-20(17)10-11-21-22(26)15-16-27(3)23(21)12-14-25(27)31-18(2)28/h4-9,13,21-23,25H,10-12,14-16H2,1-3H3. The average molecular weight is 469 g/mol. The number of fused-ring (bicyclic) bond motifs is 5. The molecule has 5 unspecified atom stereocenters. The molecular formula is C27H32O5S. The second-order valence-corrected chi connectivity index (χ2v) is 11.8. The van der Waals surface area contributed by atoms with Gasteiger partial charge < -0.3 is 8.92 Å². The van der Waals surface area contributed by atoms with E-state index in [9.17, 15) is 13.2 Å². The lowest BCUT2D eigenvalue weighted by Gasteiger charge is -2.50. The molecule has 0 saturated heterocycles. The van der Waals surface area contributed by atoms with Crippen LogP contribution in [0.3, 0.4) is 0 Å². The first-order valence-electron chi connectivity index (χ1n) is 12.0. The van der Waals surface area contributed by atoms with Crippen molar-refractivity contribution in [3.05, 3.63) is 59.2 Å². The molecule has 3 aliphatic carbocycles. The fourth-order valence-electron chi connectivity index (χ4n) is 7.02. The Morgan fingerprint density at radius 1 is 1.03 bits per heavy atom. The van der Waals surface area contributed by atoms with Gasteiger partial charge in [-0.2, -0.15) is 8.42 Å². The lowest BCUT2D eigenvalue weighted by atomic mass is 9.55. The normalized spacial score (nSPS) is 30.6. The van der Waals surface area contributed by atoms with Crippen LogP contribution in [0.15, 0.2) is 47.4 Å². The van der Waals surface area contributed by atoms with Crippen molar-refractivity contribution in [3.63, 3.8) is 0 Å². The molecule has 0 N–H and O–H groups in total. The summed E-state index contributed by atoms with van der Waals surface area (Å²) in [4.78, 5) is 11.9. The fraction of sp³-hybridized carbons (Fsp3) is 0.519. The molecule has 0 bridgehead atoms. The maximum Gasteiger partial charge on any atom is 0.339 e. The molecule has 2 fully saturated rings. The molecule has 33 heavy (non-hydrogen) atoms. The SMILES string of the molecule is CC(=O)OC1CCC2C3CCc4c(C)ccc(OS(=O)(=O)c5ccccc5)c4C3CCC12C. The van der Waals surface area contributed by atoms with Gasteiger partial charge in [-0.05, 0) is 92.5 Å². The molecule has 2 aromatic carbocycles. The highest BCUT2D eigenvalue weighted by Gasteiger charge is 2.56. The quantitative estimate of drug-likeness (QED) is 0.435. The van der Waals surface area contributed by atoms with Gasteiger partial charge in [0.05, 0.1) is 0 Å². The minimum atomic E-state index is -3.91. The van der Waals surface area contributed by atoms with E-state index in [0.29, 0.717) is 17.6 Å². The Balaban J connectivity index is 1.50. The number of aryl methyl sites for hydroxylation is 1. The molecule has 2 aromatic rings. The average Bonchev–Trinajstić information content (AvgIpc) is 3.11. The first-order chi connectivity index (χ1) is 15.7. The lowest BCUT2D eigenvalue weighted by molar-refractivity contribution is -0.154. The van der Waals surface area contributed by atoms with Crippen LogP contribution in [-0.4, -0.2) is 20.5 Å². The van der Waals surface area contributed by atoms with Crippen LogP contribution in [0.1, 0.15) is 68.6 Å². The van der Waals surface area contributed by atoms with Crippen molar-refractivity contribution >= 4 is 16.1 Å². The molecule has 0 heterocycles. The van der Waals surface area contributed by atoms with E-state index in [1.807, 2.05) is 12.1 Å². The zero-order chi connectivity index (χ0) is 23.4. The maximum absolute atomic E-state index is 13.0. The summed E-state index contributed by atoms with van der Waals surface area (Å²) >= 11 is 0. The Labute approximate surface area is 196 Å². The molecule has 5 atom stereocenters. The Kier molecular flexibility index (Phi) is 5.55. The van der Waals surface area contributed by atoms with Gasteiger partial charge in [-0.1, -0.05) is 31.2 Å². The predicted molar refractivity (Wildman–Crippen MR) is 126 cm³/mol. The number of benzene rings is 2. The molecule has 176 valence electrons. The zero-order valence-electron chi connectivity index (χ0n) is 19.5. The van der Waals surface area contributed by atoms with E-state index in [2.05, 4.69) is 13.8 Å². The van der Waals surface area contributed by atoms with Gasteiger partial charge in [0.2, 0.25) is 0 Å². The van der Waals surface area contributed by atoms with Crippen LogP contribution < -0.4 is 4.18 Å². The summed E-state index contributed by atoms with van der Waals surface area (Å²) < 4.78 is 37.6. The molecule has 6 heteroatoms. The number of hydrogen-bond acceptors (Lipinski definition) is 5. The van der Waals surface area contributed by atoms with Crippen molar-refractivity contribution in [1.82, 2.24) is 0 Å². The molecule has 0 radical (unpaired) electrons. The molecule has 5 nitrogen and oxygen atoms in total. The monoisotopic (exact) mass is 468 g/mol. The van der Waals surface area contributed by atoms with Gasteiger partial charge in [-0.25, -0.2) is 0 Å². The van der Waals surface area contributed by atoms with E-state index in [1.165, 1.54) is 18.1 Å². The summed E-state index contributed by atoms with van der Waals surface area (Å²) in [5, 5.41) is 0. The number of ether oxygens (including phenoxy) is 1. The van der Waals surface area contributed by atoms with Crippen LogP contribution in [0.2, 0.25) is 0 Å². The number of hydrogen-bond donors (Lipinski definition) is 0. The van der Waals surface area contributed by atoms with E-state index >= 15 is 0 Å². The van der Waals surface area contributed by atoms with Crippen LogP contribution >= 0.6 is 0 Å². The number of carbonyl (C=O) groups is 1. The van der Waals surface area contributed by atoms with E-state index in [-0.39, 0.29) is 28.3 Å². The van der Waals surface area contributed by atoms with Gasteiger partial charge in [-0.3, -0.25) is 4.79 Å². The van der Waals surface area contributed by atoms with Gasteiger partial charge in [0, 0.05) is 17.9 Å². The molecule has 2 saturated carbocycles. The van der Waals surface area contributed by atoms with Gasteiger partial charge in [0.15, 0.2) is 0 Å².